The minimum absolute atomic E-state index is 0.113. The summed E-state index contributed by atoms with van der Waals surface area (Å²) in [5.74, 6) is -0.993. The highest BCUT2D eigenvalue weighted by Crippen LogP contribution is 2.69. The maximum Gasteiger partial charge on any atom is 0.344 e. The molecule has 1 saturated carbocycles. The van der Waals surface area contributed by atoms with E-state index >= 15 is 4.39 Å². The summed E-state index contributed by atoms with van der Waals surface area (Å²) in [5.41, 5.74) is -2.76. The van der Waals surface area contributed by atoms with Gasteiger partial charge in [-0.15, -0.1) is 0 Å². The van der Waals surface area contributed by atoms with Gasteiger partial charge in [0.25, 0.3) is 0 Å². The van der Waals surface area contributed by atoms with Crippen LogP contribution >= 0.6 is 15.9 Å². The normalized spacial score (nSPS) is 40.4. The molecule has 35 heavy (non-hydrogen) atoms. The van der Waals surface area contributed by atoms with Crippen molar-refractivity contribution in [3.05, 3.63) is 23.8 Å². The molecule has 10 heteroatoms. The van der Waals surface area contributed by atoms with Gasteiger partial charge in [0.05, 0.1) is 25.7 Å². The molecule has 3 aliphatic heterocycles. The number of aliphatic hydroxyl groups is 1. The zero-order chi connectivity index (χ0) is 25.5. The van der Waals surface area contributed by atoms with E-state index in [1.807, 2.05) is 23.1 Å². The van der Waals surface area contributed by atoms with Crippen LogP contribution in [-0.4, -0.2) is 91.1 Å². The highest BCUT2D eigenvalue weighted by Gasteiger charge is 2.82. The van der Waals surface area contributed by atoms with Crippen molar-refractivity contribution in [1.29, 1.82) is 0 Å². The molecule has 1 unspecified atom stereocenters. The number of ether oxygens (including phenoxy) is 3. The van der Waals surface area contributed by atoms with Crippen LogP contribution in [-0.2, 0) is 24.5 Å². The van der Waals surface area contributed by atoms with Gasteiger partial charge in [0.2, 0.25) is 5.60 Å². The zero-order valence-corrected chi connectivity index (χ0v) is 22.2. The van der Waals surface area contributed by atoms with E-state index in [2.05, 4.69) is 20.8 Å². The maximum absolute atomic E-state index is 16.2. The first-order valence-corrected chi connectivity index (χ1v) is 12.8. The van der Waals surface area contributed by atoms with Gasteiger partial charge >= 0.3 is 11.9 Å². The Balaban J connectivity index is 1.88. The van der Waals surface area contributed by atoms with Crippen LogP contribution in [0.4, 0.5) is 10.1 Å². The second kappa shape index (κ2) is 8.05. The first-order chi connectivity index (χ1) is 16.5. The van der Waals surface area contributed by atoms with E-state index in [-0.39, 0.29) is 11.2 Å². The molecule has 1 aliphatic carbocycles. The molecular formula is C25H32BrFN2O6. The molecule has 8 nitrogen and oxygen atoms in total. The SMILES string of the molecule is COC(=O)[C@]1(O)[C@@H]2N(C)c3cc(OC)ccc3[C@@]23CCN2CC(Br)C[C@]([C@@H](C)F)([C@H]23)[C@H]1OC(C)=O. The van der Waals surface area contributed by atoms with Crippen molar-refractivity contribution in [2.75, 3.05) is 39.3 Å². The van der Waals surface area contributed by atoms with Crippen LogP contribution in [0.25, 0.3) is 0 Å². The molecule has 0 amide bonds. The summed E-state index contributed by atoms with van der Waals surface area (Å²) in [6.45, 7) is 4.00. The van der Waals surface area contributed by atoms with Crippen molar-refractivity contribution in [2.24, 2.45) is 5.41 Å². The van der Waals surface area contributed by atoms with Crippen molar-refractivity contribution < 1.29 is 33.3 Å². The van der Waals surface area contributed by atoms with E-state index < -0.39 is 52.7 Å². The number of alkyl halides is 2. The molecule has 0 radical (unpaired) electrons. The number of carbonyl (C=O) groups is 2. The largest absolute Gasteiger partial charge is 0.497 e. The molecule has 0 aromatic heterocycles. The Morgan fingerprint density at radius 3 is 2.60 bits per heavy atom. The van der Waals surface area contributed by atoms with Crippen molar-refractivity contribution >= 4 is 33.6 Å². The van der Waals surface area contributed by atoms with Gasteiger partial charge in [-0.05, 0) is 37.9 Å². The minimum atomic E-state index is -2.32. The van der Waals surface area contributed by atoms with Crippen molar-refractivity contribution in [2.45, 2.75) is 66.9 Å². The fourth-order valence-corrected chi connectivity index (χ4v) is 9.03. The number of carbonyl (C=O) groups excluding carboxylic acids is 2. The second-order valence-electron chi connectivity index (χ2n) is 10.4. The summed E-state index contributed by atoms with van der Waals surface area (Å²) in [6, 6.07) is 4.44. The minimum Gasteiger partial charge on any atom is -0.497 e. The van der Waals surface area contributed by atoms with E-state index in [0.717, 1.165) is 11.3 Å². The number of esters is 2. The van der Waals surface area contributed by atoms with Gasteiger partial charge < -0.3 is 24.2 Å². The van der Waals surface area contributed by atoms with Crippen LogP contribution in [0, 0.1) is 5.41 Å². The number of halogens is 2. The van der Waals surface area contributed by atoms with E-state index in [0.29, 0.717) is 25.3 Å². The van der Waals surface area contributed by atoms with E-state index in [9.17, 15) is 14.7 Å². The molecular weight excluding hydrogens is 523 g/mol. The van der Waals surface area contributed by atoms with Gasteiger partial charge in [-0.3, -0.25) is 9.69 Å². The number of rotatable bonds is 4. The highest BCUT2D eigenvalue weighted by atomic mass is 79.9. The van der Waals surface area contributed by atoms with Gasteiger partial charge in [0.1, 0.15) is 11.9 Å². The number of piperidine rings is 1. The first kappa shape index (κ1) is 24.8. The smallest absolute Gasteiger partial charge is 0.344 e. The summed E-state index contributed by atoms with van der Waals surface area (Å²) < 4.78 is 32.6. The number of fused-ring (bicyclic) bond motifs is 1. The summed E-state index contributed by atoms with van der Waals surface area (Å²) in [5, 5.41) is 12.5. The number of hydrogen-bond donors (Lipinski definition) is 1. The molecule has 2 saturated heterocycles. The zero-order valence-electron chi connectivity index (χ0n) is 20.6. The van der Waals surface area contributed by atoms with Crippen molar-refractivity contribution in [1.82, 2.24) is 4.90 Å². The topological polar surface area (TPSA) is 88.5 Å². The van der Waals surface area contributed by atoms with Crippen molar-refractivity contribution in [3.8, 4) is 5.75 Å². The summed E-state index contributed by atoms with van der Waals surface area (Å²) in [6.07, 6.45) is -2.07. The molecule has 4 aliphatic rings. The highest BCUT2D eigenvalue weighted by molar-refractivity contribution is 9.09. The van der Waals surface area contributed by atoms with Gasteiger partial charge in [-0.25, -0.2) is 9.18 Å². The molecule has 1 spiro atoms. The lowest BCUT2D eigenvalue weighted by Gasteiger charge is -2.65. The fraction of sp³-hybridized carbons (Fsp3) is 0.680. The average molecular weight is 555 g/mol. The van der Waals surface area contributed by atoms with E-state index in [1.165, 1.54) is 21.0 Å². The fourth-order valence-electron chi connectivity index (χ4n) is 8.10. The summed E-state index contributed by atoms with van der Waals surface area (Å²) >= 11 is 3.70. The van der Waals surface area contributed by atoms with Crippen molar-refractivity contribution in [3.63, 3.8) is 0 Å². The Bertz CT molecular complexity index is 1070. The lowest BCUT2D eigenvalue weighted by molar-refractivity contribution is -0.252. The molecule has 3 fully saturated rings. The number of methoxy groups -OCH3 is 2. The van der Waals surface area contributed by atoms with Crippen LogP contribution in [0.1, 0.15) is 32.3 Å². The molecule has 0 bridgehead atoms. The van der Waals surface area contributed by atoms with Crippen LogP contribution < -0.4 is 9.64 Å². The third kappa shape index (κ3) is 2.90. The Kier molecular flexibility index (Phi) is 5.69. The van der Waals surface area contributed by atoms with Gasteiger partial charge in [-0.2, -0.15) is 0 Å². The van der Waals surface area contributed by atoms with Crippen LogP contribution in [0.15, 0.2) is 18.2 Å². The molecule has 3 heterocycles. The maximum atomic E-state index is 16.2. The molecule has 1 N–H and O–H groups in total. The van der Waals surface area contributed by atoms with Gasteiger partial charge in [-0.1, -0.05) is 22.0 Å². The van der Waals surface area contributed by atoms with Gasteiger partial charge in [0, 0.05) is 48.6 Å². The number of likely N-dealkylation sites (N-methyl/N-ethyl adjacent to an activating group) is 1. The molecule has 1 aromatic rings. The molecule has 5 rings (SSSR count). The molecule has 8 atom stereocenters. The Morgan fingerprint density at radius 1 is 1.29 bits per heavy atom. The average Bonchev–Trinajstić information content (AvgIpc) is 3.31. The third-order valence-corrected chi connectivity index (χ3v) is 9.60. The van der Waals surface area contributed by atoms with Crippen LogP contribution in [0.5, 0.6) is 5.75 Å². The first-order valence-electron chi connectivity index (χ1n) is 11.9. The standard InChI is InChI=1S/C25H32BrFN2O6/c1-13(27)24-11-15(26)12-29-9-8-23(19(24)29)17-7-6-16(33-4)10-18(17)28(3)20(23)25(32,22(31)34-5)21(24)35-14(2)30/h6-7,10,13,15,19-21,32H,8-9,11-12H2,1-5H3/t13-,15?,19-,20-,21-,23-,24+,25+/m1/s1. The lowest BCUT2D eigenvalue weighted by atomic mass is 9.46. The monoisotopic (exact) mass is 554 g/mol. The predicted molar refractivity (Wildman–Crippen MR) is 130 cm³/mol. The summed E-state index contributed by atoms with van der Waals surface area (Å²) in [7, 11) is 4.57. The van der Waals surface area contributed by atoms with Crippen LogP contribution in [0.3, 0.4) is 0 Å². The van der Waals surface area contributed by atoms with E-state index in [4.69, 9.17) is 14.2 Å². The third-order valence-electron chi connectivity index (χ3n) is 8.99. The number of benzene rings is 1. The number of anilines is 1. The Morgan fingerprint density at radius 2 is 2.00 bits per heavy atom. The number of hydrogen-bond acceptors (Lipinski definition) is 8. The van der Waals surface area contributed by atoms with Crippen LogP contribution in [0.2, 0.25) is 0 Å². The molecule has 192 valence electrons. The lowest BCUT2D eigenvalue weighted by Crippen LogP contribution is -2.84. The second-order valence-corrected chi connectivity index (χ2v) is 11.7. The Hall–Kier alpha value is -1.91. The summed E-state index contributed by atoms with van der Waals surface area (Å²) in [4.78, 5) is 30.0. The van der Waals surface area contributed by atoms with E-state index in [1.54, 1.807) is 14.2 Å². The molecule has 1 aromatic carbocycles. The van der Waals surface area contributed by atoms with Gasteiger partial charge in [0.15, 0.2) is 6.10 Å². The number of nitrogens with zero attached hydrogens (tertiary/aromatic N) is 2. The Labute approximate surface area is 212 Å². The quantitative estimate of drug-likeness (QED) is 0.447. The predicted octanol–water partition coefficient (Wildman–Crippen LogP) is 2.19.